The quantitative estimate of drug-likeness (QED) is 0.726. The molecule has 5 nitrogen and oxygen atoms in total. The largest absolute Gasteiger partial charge is 0.478 e. The van der Waals surface area contributed by atoms with Crippen LogP contribution in [0, 0.1) is 6.92 Å². The number of hydrogen-bond acceptors (Lipinski definition) is 4. The van der Waals surface area contributed by atoms with Crippen LogP contribution in [0.25, 0.3) is 11.0 Å². The highest BCUT2D eigenvalue weighted by Crippen LogP contribution is 2.55. The average molecular weight is 363 g/mol. The Hall–Kier alpha value is -2.95. The summed E-state index contributed by atoms with van der Waals surface area (Å²) in [6.45, 7) is 4.03. The van der Waals surface area contributed by atoms with Gasteiger partial charge in [0.1, 0.15) is 11.3 Å². The van der Waals surface area contributed by atoms with Crippen LogP contribution >= 0.6 is 0 Å². The first-order valence-corrected chi connectivity index (χ1v) is 9.25. The minimum Gasteiger partial charge on any atom is -0.478 e. The monoisotopic (exact) mass is 363 g/mol. The van der Waals surface area contributed by atoms with Crippen LogP contribution in [0.4, 0.5) is 0 Å². The normalized spacial score (nSPS) is 18.6. The van der Waals surface area contributed by atoms with E-state index in [0.717, 1.165) is 29.9 Å². The third kappa shape index (κ3) is 3.14. The van der Waals surface area contributed by atoms with E-state index in [2.05, 4.69) is 11.1 Å². The summed E-state index contributed by atoms with van der Waals surface area (Å²) in [5, 5.41) is 9.54. The van der Waals surface area contributed by atoms with Crippen molar-refractivity contribution in [3.8, 4) is 0 Å². The first kappa shape index (κ1) is 17.5. The van der Waals surface area contributed by atoms with Crippen molar-refractivity contribution in [2.75, 3.05) is 0 Å². The van der Waals surface area contributed by atoms with E-state index in [1.807, 2.05) is 26.1 Å². The van der Waals surface area contributed by atoms with E-state index < -0.39 is 5.97 Å². The van der Waals surface area contributed by atoms with Crippen molar-refractivity contribution in [1.82, 2.24) is 4.98 Å². The van der Waals surface area contributed by atoms with Crippen molar-refractivity contribution in [1.29, 1.82) is 0 Å². The van der Waals surface area contributed by atoms with E-state index in [1.165, 1.54) is 12.1 Å². The van der Waals surface area contributed by atoms with Gasteiger partial charge in [0, 0.05) is 29.3 Å². The highest BCUT2D eigenvalue weighted by atomic mass is 16.4. The lowest BCUT2D eigenvalue weighted by molar-refractivity contribution is 0.0697. The molecule has 138 valence electrons. The number of benzene rings is 1. The molecule has 5 heteroatoms. The van der Waals surface area contributed by atoms with E-state index >= 15 is 0 Å². The Morgan fingerprint density at radius 2 is 2.07 bits per heavy atom. The zero-order valence-corrected chi connectivity index (χ0v) is 15.4. The molecule has 1 aliphatic rings. The third-order valence-electron chi connectivity index (χ3n) is 5.20. The van der Waals surface area contributed by atoms with Crippen molar-refractivity contribution < 1.29 is 14.3 Å². The fraction of sp³-hybridized carbons (Fsp3) is 0.318. The summed E-state index contributed by atoms with van der Waals surface area (Å²) in [7, 11) is 0. The SMILES string of the molecule is CCCc1c([C@@H]2C[C@H]2c2ccc(C)cn2)oc2ccc(C(=O)O)cc2c1=O. The molecule has 0 aliphatic heterocycles. The van der Waals surface area contributed by atoms with Crippen LogP contribution in [0.15, 0.2) is 45.7 Å². The Morgan fingerprint density at radius 3 is 2.74 bits per heavy atom. The van der Waals surface area contributed by atoms with Crippen molar-refractivity contribution in [3.05, 3.63) is 74.9 Å². The van der Waals surface area contributed by atoms with Gasteiger partial charge < -0.3 is 9.52 Å². The molecule has 0 radical (unpaired) electrons. The minimum absolute atomic E-state index is 0.0955. The van der Waals surface area contributed by atoms with E-state index in [1.54, 1.807) is 6.07 Å². The molecule has 1 aliphatic carbocycles. The summed E-state index contributed by atoms with van der Waals surface area (Å²) in [5.74, 6) is 0.105. The number of nitrogens with zero attached hydrogens (tertiary/aromatic N) is 1. The van der Waals surface area contributed by atoms with E-state index in [4.69, 9.17) is 4.42 Å². The van der Waals surface area contributed by atoms with Crippen LogP contribution < -0.4 is 5.43 Å². The summed E-state index contributed by atoms with van der Waals surface area (Å²) in [6.07, 6.45) is 4.22. The number of aromatic carboxylic acids is 1. The second-order valence-corrected chi connectivity index (χ2v) is 7.25. The maximum Gasteiger partial charge on any atom is 0.335 e. The topological polar surface area (TPSA) is 80.4 Å². The number of fused-ring (bicyclic) bond motifs is 1. The van der Waals surface area contributed by atoms with E-state index in [0.29, 0.717) is 23.0 Å². The Labute approximate surface area is 156 Å². The lowest BCUT2D eigenvalue weighted by Crippen LogP contribution is -2.13. The number of carbonyl (C=O) groups is 1. The molecule has 27 heavy (non-hydrogen) atoms. The molecule has 3 aromatic rings. The highest BCUT2D eigenvalue weighted by Gasteiger charge is 2.44. The Bertz CT molecular complexity index is 1080. The molecule has 1 saturated carbocycles. The molecule has 1 fully saturated rings. The standard InChI is InChI=1S/C22H21NO4/c1-3-4-14-20(24)17-9-13(22(25)26)6-8-19(17)27-21(14)16-10-15(16)18-7-5-12(2)11-23-18/h5-9,11,15-16H,3-4,10H2,1-2H3,(H,25,26)/t15-,16-/m1/s1. The van der Waals surface area contributed by atoms with Gasteiger partial charge >= 0.3 is 5.97 Å². The van der Waals surface area contributed by atoms with Crippen molar-refractivity contribution in [2.24, 2.45) is 0 Å². The van der Waals surface area contributed by atoms with Crippen LogP contribution in [-0.2, 0) is 6.42 Å². The summed E-state index contributed by atoms with van der Waals surface area (Å²) >= 11 is 0. The average Bonchev–Trinajstić information content (AvgIpc) is 3.45. The zero-order valence-electron chi connectivity index (χ0n) is 15.4. The summed E-state index contributed by atoms with van der Waals surface area (Å²) in [6, 6.07) is 8.56. The van der Waals surface area contributed by atoms with Gasteiger partial charge in [-0.3, -0.25) is 9.78 Å². The summed E-state index contributed by atoms with van der Waals surface area (Å²) in [4.78, 5) is 28.8. The molecule has 1 N–H and O–H groups in total. The maximum atomic E-state index is 13.1. The van der Waals surface area contributed by atoms with Crippen molar-refractivity contribution in [3.63, 3.8) is 0 Å². The molecule has 2 aromatic heterocycles. The van der Waals surface area contributed by atoms with Crippen LogP contribution in [0.5, 0.6) is 0 Å². The second-order valence-electron chi connectivity index (χ2n) is 7.25. The molecule has 0 amide bonds. The summed E-state index contributed by atoms with van der Waals surface area (Å²) < 4.78 is 6.14. The van der Waals surface area contributed by atoms with Gasteiger partial charge in [0.2, 0.25) is 0 Å². The number of rotatable bonds is 5. The Kier molecular flexibility index (Phi) is 4.30. The van der Waals surface area contributed by atoms with Crippen LogP contribution in [0.1, 0.15) is 64.5 Å². The fourth-order valence-corrected chi connectivity index (χ4v) is 3.68. The summed E-state index contributed by atoms with van der Waals surface area (Å²) in [5.41, 5.74) is 3.25. The minimum atomic E-state index is -1.05. The lowest BCUT2D eigenvalue weighted by atomic mass is 10.0. The maximum absolute atomic E-state index is 13.1. The Balaban J connectivity index is 1.79. The van der Waals surface area contributed by atoms with Crippen molar-refractivity contribution >= 4 is 16.9 Å². The Morgan fingerprint density at radius 1 is 1.26 bits per heavy atom. The number of pyridine rings is 1. The van der Waals surface area contributed by atoms with Gasteiger partial charge in [-0.2, -0.15) is 0 Å². The van der Waals surface area contributed by atoms with Crippen LogP contribution in [0.3, 0.4) is 0 Å². The first-order valence-electron chi connectivity index (χ1n) is 9.25. The molecule has 2 atom stereocenters. The van der Waals surface area contributed by atoms with Gasteiger partial charge in [-0.05, 0) is 49.6 Å². The first-order chi connectivity index (χ1) is 13.0. The number of hydrogen-bond donors (Lipinski definition) is 1. The molecule has 4 rings (SSSR count). The molecule has 0 bridgehead atoms. The molecule has 2 heterocycles. The number of carboxylic acid groups (broad SMARTS) is 1. The van der Waals surface area contributed by atoms with Gasteiger partial charge in [-0.15, -0.1) is 0 Å². The molecule has 0 spiro atoms. The predicted molar refractivity (Wildman–Crippen MR) is 103 cm³/mol. The third-order valence-corrected chi connectivity index (χ3v) is 5.20. The molecule has 0 unspecified atom stereocenters. The number of aryl methyl sites for hydroxylation is 1. The molecule has 1 aromatic carbocycles. The van der Waals surface area contributed by atoms with Crippen LogP contribution in [0.2, 0.25) is 0 Å². The molecule has 0 saturated heterocycles. The van der Waals surface area contributed by atoms with Gasteiger partial charge in [-0.1, -0.05) is 19.4 Å². The van der Waals surface area contributed by atoms with Gasteiger partial charge in [0.25, 0.3) is 0 Å². The smallest absolute Gasteiger partial charge is 0.335 e. The van der Waals surface area contributed by atoms with E-state index in [9.17, 15) is 14.7 Å². The highest BCUT2D eigenvalue weighted by molar-refractivity contribution is 5.92. The lowest BCUT2D eigenvalue weighted by Gasteiger charge is -2.10. The van der Waals surface area contributed by atoms with E-state index in [-0.39, 0.29) is 22.8 Å². The van der Waals surface area contributed by atoms with Crippen LogP contribution in [-0.4, -0.2) is 16.1 Å². The van der Waals surface area contributed by atoms with Gasteiger partial charge in [0.05, 0.1) is 10.9 Å². The van der Waals surface area contributed by atoms with Crippen molar-refractivity contribution in [2.45, 2.75) is 44.9 Å². The van der Waals surface area contributed by atoms with Gasteiger partial charge in [-0.25, -0.2) is 4.79 Å². The molecular formula is C22H21NO4. The number of aromatic nitrogens is 1. The second kappa shape index (κ2) is 6.65. The number of carboxylic acids is 1. The zero-order chi connectivity index (χ0) is 19.1. The van der Waals surface area contributed by atoms with Gasteiger partial charge in [0.15, 0.2) is 5.43 Å². The fourth-order valence-electron chi connectivity index (χ4n) is 3.68. The molecular weight excluding hydrogens is 342 g/mol. The predicted octanol–water partition coefficient (Wildman–Crippen LogP) is 4.42.